The zero-order chi connectivity index (χ0) is 19.4. The van der Waals surface area contributed by atoms with Gasteiger partial charge in [0, 0.05) is 24.5 Å². The summed E-state index contributed by atoms with van der Waals surface area (Å²) >= 11 is 5.79. The summed E-state index contributed by atoms with van der Waals surface area (Å²) in [6.07, 6.45) is 1.42. The minimum absolute atomic E-state index is 0.0689. The van der Waals surface area contributed by atoms with Crippen LogP contribution in [0, 0.1) is 0 Å². The van der Waals surface area contributed by atoms with Crippen LogP contribution in [0.5, 0.6) is 0 Å². The van der Waals surface area contributed by atoms with Crippen molar-refractivity contribution in [3.8, 4) is 0 Å². The molecule has 0 saturated carbocycles. The Kier molecular flexibility index (Phi) is 5.43. The van der Waals surface area contributed by atoms with Gasteiger partial charge in [0.15, 0.2) is 0 Å². The van der Waals surface area contributed by atoms with E-state index in [2.05, 4.69) is 10.3 Å². The number of carbonyl (C=O) groups is 1. The second kappa shape index (κ2) is 7.77. The van der Waals surface area contributed by atoms with Gasteiger partial charge in [0.25, 0.3) is 15.9 Å². The van der Waals surface area contributed by atoms with E-state index in [0.29, 0.717) is 16.9 Å². The molecular weight excluding hydrogens is 386 g/mol. The standard InChI is InChI=1S/C19H16ClN3O3S/c1-23(16-7-3-2-4-8-16)27(25,26)17-9-5-6-15(13-17)22-19(24)14-10-11-21-18(20)12-14/h2-13H,1H3,(H,22,24). The van der Waals surface area contributed by atoms with Crippen molar-refractivity contribution in [2.24, 2.45) is 0 Å². The number of halogens is 1. The largest absolute Gasteiger partial charge is 0.322 e. The minimum atomic E-state index is -3.77. The fourth-order valence-electron chi connectivity index (χ4n) is 2.42. The second-order valence-corrected chi connectivity index (χ2v) is 8.01. The molecule has 0 aliphatic heterocycles. The second-order valence-electron chi connectivity index (χ2n) is 5.66. The summed E-state index contributed by atoms with van der Waals surface area (Å²) in [6.45, 7) is 0. The highest BCUT2D eigenvalue weighted by Gasteiger charge is 2.21. The van der Waals surface area contributed by atoms with Crippen LogP contribution in [0.15, 0.2) is 77.8 Å². The first kappa shape index (κ1) is 18.9. The Balaban J connectivity index is 1.86. The van der Waals surface area contributed by atoms with Gasteiger partial charge < -0.3 is 5.32 Å². The Morgan fingerprint density at radius 2 is 1.78 bits per heavy atom. The lowest BCUT2D eigenvalue weighted by molar-refractivity contribution is 0.102. The fourth-order valence-corrected chi connectivity index (χ4v) is 3.83. The molecule has 1 amide bonds. The monoisotopic (exact) mass is 401 g/mol. The normalized spacial score (nSPS) is 11.0. The molecule has 0 saturated heterocycles. The molecule has 0 aliphatic carbocycles. The molecule has 0 spiro atoms. The minimum Gasteiger partial charge on any atom is -0.322 e. The molecule has 0 fully saturated rings. The van der Waals surface area contributed by atoms with E-state index < -0.39 is 15.9 Å². The van der Waals surface area contributed by atoms with Crippen LogP contribution in [0.1, 0.15) is 10.4 Å². The lowest BCUT2D eigenvalue weighted by atomic mass is 10.2. The Hall–Kier alpha value is -2.90. The number of anilines is 2. The first-order chi connectivity index (χ1) is 12.9. The highest BCUT2D eigenvalue weighted by Crippen LogP contribution is 2.24. The maximum absolute atomic E-state index is 12.9. The van der Waals surface area contributed by atoms with Crippen LogP contribution in [0.25, 0.3) is 0 Å². The van der Waals surface area contributed by atoms with Gasteiger partial charge in [0.1, 0.15) is 5.15 Å². The van der Waals surface area contributed by atoms with E-state index in [1.54, 1.807) is 36.4 Å². The van der Waals surface area contributed by atoms with Crippen LogP contribution in [-0.4, -0.2) is 26.4 Å². The molecular formula is C19H16ClN3O3S. The van der Waals surface area contributed by atoms with Crippen molar-refractivity contribution in [1.82, 2.24) is 4.98 Å². The van der Waals surface area contributed by atoms with E-state index in [4.69, 9.17) is 11.6 Å². The summed E-state index contributed by atoms with van der Waals surface area (Å²) in [5.41, 5.74) is 1.22. The number of para-hydroxylation sites is 1. The van der Waals surface area contributed by atoms with Gasteiger partial charge in [-0.1, -0.05) is 35.9 Å². The van der Waals surface area contributed by atoms with Crippen molar-refractivity contribution in [2.75, 3.05) is 16.7 Å². The summed E-state index contributed by atoms with van der Waals surface area (Å²) in [5, 5.41) is 2.87. The highest BCUT2D eigenvalue weighted by atomic mass is 35.5. The third-order valence-corrected chi connectivity index (χ3v) is 5.85. The Bertz CT molecular complexity index is 1070. The third kappa shape index (κ3) is 4.27. The van der Waals surface area contributed by atoms with Gasteiger partial charge in [0.05, 0.1) is 10.6 Å². The lowest BCUT2D eigenvalue weighted by Gasteiger charge is -2.19. The van der Waals surface area contributed by atoms with Crippen LogP contribution in [0.2, 0.25) is 5.15 Å². The maximum Gasteiger partial charge on any atom is 0.264 e. The number of carbonyl (C=O) groups excluding carboxylic acids is 1. The Morgan fingerprint density at radius 1 is 1.04 bits per heavy atom. The van der Waals surface area contributed by atoms with E-state index in [-0.39, 0.29) is 10.0 Å². The van der Waals surface area contributed by atoms with Gasteiger partial charge in [-0.25, -0.2) is 13.4 Å². The first-order valence-corrected chi connectivity index (χ1v) is 9.77. The van der Waals surface area contributed by atoms with Crippen LogP contribution in [-0.2, 0) is 10.0 Å². The number of nitrogens with zero attached hydrogens (tertiary/aromatic N) is 2. The molecule has 3 rings (SSSR count). The number of hydrogen-bond donors (Lipinski definition) is 1. The quantitative estimate of drug-likeness (QED) is 0.659. The SMILES string of the molecule is CN(c1ccccc1)S(=O)(=O)c1cccc(NC(=O)c2ccnc(Cl)c2)c1. The number of benzene rings is 2. The smallest absolute Gasteiger partial charge is 0.264 e. The summed E-state index contributed by atoms with van der Waals surface area (Å²) < 4.78 is 26.9. The van der Waals surface area contributed by atoms with Crippen molar-refractivity contribution in [3.05, 3.63) is 83.6 Å². The molecule has 0 radical (unpaired) electrons. The number of rotatable bonds is 5. The molecule has 138 valence electrons. The molecule has 1 aromatic heterocycles. The number of amides is 1. The lowest BCUT2D eigenvalue weighted by Crippen LogP contribution is -2.26. The maximum atomic E-state index is 12.9. The van der Waals surface area contributed by atoms with Crippen LogP contribution >= 0.6 is 11.6 Å². The number of sulfonamides is 1. The predicted octanol–water partition coefficient (Wildman–Crippen LogP) is 3.81. The fraction of sp³-hybridized carbons (Fsp3) is 0.0526. The average molecular weight is 402 g/mol. The van der Waals surface area contributed by atoms with Crippen molar-refractivity contribution >= 4 is 38.9 Å². The zero-order valence-electron chi connectivity index (χ0n) is 14.3. The van der Waals surface area contributed by atoms with E-state index in [1.807, 2.05) is 6.07 Å². The summed E-state index contributed by atoms with van der Waals surface area (Å²) in [7, 11) is -2.29. The van der Waals surface area contributed by atoms with Crippen molar-refractivity contribution in [3.63, 3.8) is 0 Å². The van der Waals surface area contributed by atoms with Crippen LogP contribution < -0.4 is 9.62 Å². The molecule has 0 bridgehead atoms. The summed E-state index contributed by atoms with van der Waals surface area (Å²) in [6, 6.07) is 17.8. The van der Waals surface area contributed by atoms with E-state index in [0.717, 1.165) is 0 Å². The molecule has 27 heavy (non-hydrogen) atoms. The van der Waals surface area contributed by atoms with Crippen molar-refractivity contribution in [1.29, 1.82) is 0 Å². The van der Waals surface area contributed by atoms with Gasteiger partial charge in [0.2, 0.25) is 0 Å². The molecule has 8 heteroatoms. The molecule has 0 unspecified atom stereocenters. The molecule has 2 aromatic carbocycles. The van der Waals surface area contributed by atoms with Crippen molar-refractivity contribution < 1.29 is 13.2 Å². The van der Waals surface area contributed by atoms with Gasteiger partial charge >= 0.3 is 0 Å². The number of hydrogen-bond acceptors (Lipinski definition) is 4. The van der Waals surface area contributed by atoms with Crippen LogP contribution in [0.4, 0.5) is 11.4 Å². The average Bonchev–Trinajstić information content (AvgIpc) is 2.68. The van der Waals surface area contributed by atoms with Gasteiger partial charge in [-0.2, -0.15) is 0 Å². The molecule has 3 aromatic rings. The van der Waals surface area contributed by atoms with Gasteiger partial charge in [-0.15, -0.1) is 0 Å². The van der Waals surface area contributed by atoms with Gasteiger partial charge in [-0.05, 0) is 42.5 Å². The molecule has 0 atom stereocenters. The van der Waals surface area contributed by atoms with E-state index in [1.165, 1.54) is 41.8 Å². The van der Waals surface area contributed by atoms with Gasteiger partial charge in [-0.3, -0.25) is 9.10 Å². The van der Waals surface area contributed by atoms with Crippen LogP contribution in [0.3, 0.4) is 0 Å². The zero-order valence-corrected chi connectivity index (χ0v) is 15.9. The number of aromatic nitrogens is 1. The molecule has 0 aliphatic rings. The molecule has 6 nitrogen and oxygen atoms in total. The predicted molar refractivity (Wildman–Crippen MR) is 106 cm³/mol. The summed E-state index contributed by atoms with van der Waals surface area (Å²) in [4.78, 5) is 16.2. The van der Waals surface area contributed by atoms with E-state index in [9.17, 15) is 13.2 Å². The Morgan fingerprint density at radius 3 is 2.48 bits per heavy atom. The Labute approximate surface area is 162 Å². The number of pyridine rings is 1. The number of nitrogens with one attached hydrogen (secondary N) is 1. The molecule has 1 heterocycles. The summed E-state index contributed by atoms with van der Waals surface area (Å²) in [5.74, 6) is -0.412. The topological polar surface area (TPSA) is 79.4 Å². The third-order valence-electron chi connectivity index (χ3n) is 3.86. The van der Waals surface area contributed by atoms with Crippen molar-refractivity contribution in [2.45, 2.75) is 4.90 Å². The molecule has 1 N–H and O–H groups in total. The first-order valence-electron chi connectivity index (χ1n) is 7.95. The highest BCUT2D eigenvalue weighted by molar-refractivity contribution is 7.92. The van der Waals surface area contributed by atoms with E-state index >= 15 is 0 Å².